The lowest BCUT2D eigenvalue weighted by atomic mass is 10.0. The molecule has 31 heavy (non-hydrogen) atoms. The van der Waals surface area contributed by atoms with Crippen LogP contribution in [0.1, 0.15) is 58.2 Å². The number of aromatic nitrogens is 1. The van der Waals surface area contributed by atoms with Crippen LogP contribution in [-0.2, 0) is 11.3 Å². The Morgan fingerprint density at radius 3 is 2.71 bits per heavy atom. The molecule has 1 aliphatic rings. The number of amides is 1. The zero-order valence-electron chi connectivity index (χ0n) is 19.2. The minimum absolute atomic E-state index is 0.383. The summed E-state index contributed by atoms with van der Waals surface area (Å²) in [7, 11) is 0. The average molecular weight is 509 g/mol. The van der Waals surface area contributed by atoms with Crippen LogP contribution in [0.15, 0.2) is 23.7 Å². The number of nitrogens with zero attached hydrogens (tertiary/aromatic N) is 2. The van der Waals surface area contributed by atoms with E-state index in [1.807, 2.05) is 26.3 Å². The lowest BCUT2D eigenvalue weighted by Gasteiger charge is -2.30. The molecule has 1 heterocycles. The minimum atomic E-state index is -0.508. The van der Waals surface area contributed by atoms with Crippen molar-refractivity contribution in [2.24, 2.45) is 5.92 Å². The minimum Gasteiger partial charge on any atom is -0.444 e. The van der Waals surface area contributed by atoms with Crippen LogP contribution in [0.25, 0.3) is 10.4 Å². The number of thiazole rings is 1. The molecule has 0 spiro atoms. The van der Waals surface area contributed by atoms with Crippen LogP contribution in [0.2, 0.25) is 0 Å². The Balaban J connectivity index is 1.90. The van der Waals surface area contributed by atoms with Crippen molar-refractivity contribution in [3.63, 3.8) is 0 Å². The zero-order valence-corrected chi connectivity index (χ0v) is 21.6. The van der Waals surface area contributed by atoms with Crippen LogP contribution in [0, 0.1) is 12.8 Å². The fourth-order valence-corrected chi connectivity index (χ4v) is 5.21. The van der Waals surface area contributed by atoms with Crippen molar-refractivity contribution >= 4 is 39.0 Å². The molecule has 1 fully saturated rings. The molecule has 1 amide bonds. The summed E-state index contributed by atoms with van der Waals surface area (Å²) in [4.78, 5) is 20.5. The van der Waals surface area contributed by atoms with Gasteiger partial charge in [0, 0.05) is 30.1 Å². The number of aryl methyl sites for hydroxylation is 1. The van der Waals surface area contributed by atoms with Crippen LogP contribution in [0.3, 0.4) is 0 Å². The van der Waals surface area contributed by atoms with E-state index in [1.165, 1.54) is 29.0 Å². The fraction of sp³-hybridized carbons (Fsp3) is 0.583. The lowest BCUT2D eigenvalue weighted by Crippen LogP contribution is -2.34. The second-order valence-corrected chi connectivity index (χ2v) is 11.1. The molecule has 7 heteroatoms. The van der Waals surface area contributed by atoms with E-state index in [1.54, 1.807) is 11.3 Å². The number of benzene rings is 1. The van der Waals surface area contributed by atoms with E-state index >= 15 is 0 Å². The van der Waals surface area contributed by atoms with Crippen molar-refractivity contribution in [2.75, 3.05) is 16.8 Å². The molecule has 1 aromatic heterocycles. The first-order valence-electron chi connectivity index (χ1n) is 11.0. The summed E-state index contributed by atoms with van der Waals surface area (Å²) in [5.74, 6) is 0.584. The van der Waals surface area contributed by atoms with Crippen molar-refractivity contribution in [2.45, 2.75) is 72.1 Å². The summed E-state index contributed by atoms with van der Waals surface area (Å²) < 4.78 is 5.44. The highest BCUT2D eigenvalue weighted by molar-refractivity contribution is 9.09. The largest absolute Gasteiger partial charge is 0.444 e. The summed E-state index contributed by atoms with van der Waals surface area (Å²) in [6.07, 6.45) is 3.21. The van der Waals surface area contributed by atoms with Crippen LogP contribution >= 0.6 is 27.3 Å². The van der Waals surface area contributed by atoms with E-state index in [0.717, 1.165) is 29.6 Å². The molecular formula is C24H34BrN3O2S. The van der Waals surface area contributed by atoms with E-state index in [0.29, 0.717) is 18.5 Å². The van der Waals surface area contributed by atoms with E-state index < -0.39 is 5.60 Å². The summed E-state index contributed by atoms with van der Waals surface area (Å²) in [6, 6.07) is 7.15. The summed E-state index contributed by atoms with van der Waals surface area (Å²) in [6.45, 7) is 11.5. The van der Waals surface area contributed by atoms with Crippen LogP contribution in [0.5, 0.6) is 0 Å². The second-order valence-electron chi connectivity index (χ2n) is 9.43. The average Bonchev–Trinajstić information content (AvgIpc) is 3.44. The van der Waals surface area contributed by atoms with Gasteiger partial charge in [0.05, 0.1) is 16.1 Å². The third-order valence-corrected chi connectivity index (χ3v) is 6.76. The fourth-order valence-electron chi connectivity index (χ4n) is 3.63. The van der Waals surface area contributed by atoms with Gasteiger partial charge in [0.25, 0.3) is 0 Å². The zero-order chi connectivity index (χ0) is 22.6. The Labute approximate surface area is 198 Å². The molecule has 1 aliphatic carbocycles. The first-order chi connectivity index (χ1) is 14.7. The Hall–Kier alpha value is -1.60. The predicted molar refractivity (Wildman–Crippen MR) is 133 cm³/mol. The van der Waals surface area contributed by atoms with Crippen LogP contribution in [-0.4, -0.2) is 34.6 Å². The molecule has 0 aliphatic heterocycles. The molecule has 0 bridgehead atoms. The lowest BCUT2D eigenvalue weighted by molar-refractivity contribution is 0.0523. The maximum atomic E-state index is 12.3. The number of hydrogen-bond acceptors (Lipinski definition) is 5. The number of alkyl halides is 1. The Morgan fingerprint density at radius 2 is 2.13 bits per heavy atom. The van der Waals surface area contributed by atoms with Gasteiger partial charge < -0.3 is 15.0 Å². The summed E-state index contributed by atoms with van der Waals surface area (Å²) >= 11 is 5.26. The highest BCUT2D eigenvalue weighted by Gasteiger charge is 2.31. The van der Waals surface area contributed by atoms with Gasteiger partial charge in [-0.15, -0.1) is 11.3 Å². The van der Waals surface area contributed by atoms with Crippen molar-refractivity contribution in [1.29, 1.82) is 0 Å². The topological polar surface area (TPSA) is 54.5 Å². The van der Waals surface area contributed by atoms with Crippen LogP contribution in [0.4, 0.5) is 10.5 Å². The Bertz CT molecular complexity index is 889. The third kappa shape index (κ3) is 6.94. The van der Waals surface area contributed by atoms with Gasteiger partial charge in [-0.3, -0.25) is 0 Å². The van der Waals surface area contributed by atoms with Crippen molar-refractivity contribution in [3.8, 4) is 10.4 Å². The van der Waals surface area contributed by atoms with Gasteiger partial charge in [-0.05, 0) is 70.1 Å². The molecule has 0 saturated heterocycles. The normalized spacial score (nSPS) is 14.9. The predicted octanol–water partition coefficient (Wildman–Crippen LogP) is 6.53. The number of ether oxygens (including phenoxy) is 1. The molecule has 1 saturated carbocycles. The monoisotopic (exact) mass is 507 g/mol. The molecule has 170 valence electrons. The van der Waals surface area contributed by atoms with E-state index in [-0.39, 0.29) is 6.09 Å². The highest BCUT2D eigenvalue weighted by Crippen LogP contribution is 2.38. The van der Waals surface area contributed by atoms with Gasteiger partial charge in [0.15, 0.2) is 0 Å². The van der Waals surface area contributed by atoms with E-state index in [4.69, 9.17) is 4.74 Å². The standard InChI is InChI=1S/C24H34BrN3O2S/c1-16(10-11-25)14-28(20-8-9-20)21-12-18(22-17(2)27-15-31-22)6-7-19(21)13-26-23(29)30-24(3,4)5/h6-7,12,15-16,20H,8-11,13-14H2,1-5H3,(H,26,29). The number of rotatable bonds is 9. The first kappa shape index (κ1) is 24.1. The van der Waals surface area contributed by atoms with E-state index in [2.05, 4.69) is 63.2 Å². The second kappa shape index (κ2) is 10.3. The number of nitrogens with one attached hydrogen (secondary N) is 1. The van der Waals surface area contributed by atoms with Crippen LogP contribution < -0.4 is 10.2 Å². The molecule has 5 nitrogen and oxygen atoms in total. The van der Waals surface area contributed by atoms with Gasteiger partial charge in [0.2, 0.25) is 0 Å². The molecular weight excluding hydrogens is 474 g/mol. The molecule has 1 aromatic carbocycles. The SMILES string of the molecule is Cc1ncsc1-c1ccc(CNC(=O)OC(C)(C)C)c(N(CC(C)CCBr)C2CC2)c1. The molecule has 2 aromatic rings. The number of carbonyl (C=O) groups is 1. The number of alkyl carbamates (subject to hydrolysis) is 1. The van der Waals surface area contributed by atoms with Gasteiger partial charge in [-0.1, -0.05) is 35.0 Å². The Morgan fingerprint density at radius 1 is 1.39 bits per heavy atom. The molecule has 1 N–H and O–H groups in total. The molecule has 3 rings (SSSR count). The number of hydrogen-bond donors (Lipinski definition) is 1. The number of anilines is 1. The molecule has 1 unspecified atom stereocenters. The Kier molecular flexibility index (Phi) is 8.03. The number of halogens is 1. The van der Waals surface area contributed by atoms with Crippen molar-refractivity contribution < 1.29 is 9.53 Å². The third-order valence-electron chi connectivity index (χ3n) is 5.32. The summed E-state index contributed by atoms with van der Waals surface area (Å²) in [5.41, 5.74) is 5.97. The van der Waals surface area contributed by atoms with Gasteiger partial charge in [0.1, 0.15) is 5.60 Å². The number of carbonyl (C=O) groups excluding carboxylic acids is 1. The van der Waals surface area contributed by atoms with Crippen molar-refractivity contribution in [1.82, 2.24) is 10.3 Å². The first-order valence-corrected chi connectivity index (χ1v) is 13.0. The maximum Gasteiger partial charge on any atom is 0.407 e. The highest BCUT2D eigenvalue weighted by atomic mass is 79.9. The van der Waals surface area contributed by atoms with Crippen molar-refractivity contribution in [3.05, 3.63) is 35.0 Å². The smallest absolute Gasteiger partial charge is 0.407 e. The van der Waals surface area contributed by atoms with E-state index in [9.17, 15) is 4.79 Å². The van der Waals surface area contributed by atoms with Gasteiger partial charge >= 0.3 is 6.09 Å². The quantitative estimate of drug-likeness (QED) is 0.391. The molecule has 0 radical (unpaired) electrons. The van der Waals surface area contributed by atoms with Gasteiger partial charge in [-0.25, -0.2) is 9.78 Å². The summed E-state index contributed by atoms with van der Waals surface area (Å²) in [5, 5.41) is 3.96. The molecule has 1 atom stereocenters. The van der Waals surface area contributed by atoms with Gasteiger partial charge in [-0.2, -0.15) is 0 Å². The maximum absolute atomic E-state index is 12.3.